The number of fused-ring (bicyclic) bond motifs is 1. The molecule has 0 aliphatic carbocycles. The Morgan fingerprint density at radius 2 is 2.10 bits per heavy atom. The highest BCUT2D eigenvalue weighted by molar-refractivity contribution is 7.14. The summed E-state index contributed by atoms with van der Waals surface area (Å²) in [5.74, 6) is 0. The first-order valence-corrected chi connectivity index (χ1v) is 7.51. The maximum atomic E-state index is 4.38. The van der Waals surface area contributed by atoms with E-state index in [1.54, 1.807) is 11.3 Å². The van der Waals surface area contributed by atoms with Crippen LogP contribution >= 0.6 is 11.3 Å². The predicted molar refractivity (Wildman–Crippen MR) is 82.9 cm³/mol. The van der Waals surface area contributed by atoms with Crippen molar-refractivity contribution < 1.29 is 0 Å². The molecule has 0 unspecified atom stereocenters. The zero-order valence-corrected chi connectivity index (χ0v) is 12.2. The maximum absolute atomic E-state index is 4.38. The molecule has 3 aromatic rings. The van der Waals surface area contributed by atoms with Crippen LogP contribution in [0.2, 0.25) is 0 Å². The quantitative estimate of drug-likeness (QED) is 0.732. The molecular weight excluding hydrogens is 268 g/mol. The standard InChI is InChI=1S/C15H16N4S/c1-16-9-4-8-14-18-19-15(20-14)12-5-2-7-13-11(12)6-3-10-17-13/h2-3,5-7,10,16H,4,8-9H2,1H3. The first-order chi connectivity index (χ1) is 9.88. The first-order valence-electron chi connectivity index (χ1n) is 6.69. The molecule has 0 radical (unpaired) electrons. The van der Waals surface area contributed by atoms with Crippen molar-refractivity contribution in [3.63, 3.8) is 0 Å². The zero-order valence-electron chi connectivity index (χ0n) is 11.3. The molecule has 2 heterocycles. The van der Waals surface area contributed by atoms with Crippen LogP contribution in [-0.2, 0) is 6.42 Å². The lowest BCUT2D eigenvalue weighted by atomic mass is 10.1. The Kier molecular flexibility index (Phi) is 3.99. The van der Waals surface area contributed by atoms with Crippen LogP contribution in [0.25, 0.3) is 21.5 Å². The van der Waals surface area contributed by atoms with Gasteiger partial charge in [-0.1, -0.05) is 29.5 Å². The Bertz CT molecular complexity index is 702. The van der Waals surface area contributed by atoms with Crippen LogP contribution in [0.1, 0.15) is 11.4 Å². The summed E-state index contributed by atoms with van der Waals surface area (Å²) in [4.78, 5) is 4.38. The summed E-state index contributed by atoms with van der Waals surface area (Å²) in [6.45, 7) is 1.01. The predicted octanol–water partition coefficient (Wildman–Crippen LogP) is 2.91. The lowest BCUT2D eigenvalue weighted by Crippen LogP contribution is -2.08. The Hall–Kier alpha value is -1.85. The SMILES string of the molecule is CNCCCc1nnc(-c2cccc3ncccc23)s1. The van der Waals surface area contributed by atoms with Crippen molar-refractivity contribution in [1.82, 2.24) is 20.5 Å². The third-order valence-corrected chi connectivity index (χ3v) is 4.18. The molecule has 0 saturated heterocycles. The fourth-order valence-corrected chi connectivity index (χ4v) is 3.09. The minimum Gasteiger partial charge on any atom is -0.320 e. The third kappa shape index (κ3) is 2.69. The molecule has 0 bridgehead atoms. The highest BCUT2D eigenvalue weighted by atomic mass is 32.1. The summed E-state index contributed by atoms with van der Waals surface area (Å²) in [6.07, 6.45) is 3.87. The lowest BCUT2D eigenvalue weighted by molar-refractivity contribution is 0.718. The van der Waals surface area contributed by atoms with Crippen molar-refractivity contribution in [3.8, 4) is 10.6 Å². The van der Waals surface area contributed by atoms with E-state index in [0.717, 1.165) is 45.9 Å². The van der Waals surface area contributed by atoms with Gasteiger partial charge in [0.05, 0.1) is 5.52 Å². The van der Waals surface area contributed by atoms with E-state index in [1.165, 1.54) is 0 Å². The second-order valence-electron chi connectivity index (χ2n) is 4.58. The van der Waals surface area contributed by atoms with Crippen LogP contribution in [0.5, 0.6) is 0 Å². The Balaban J connectivity index is 1.91. The van der Waals surface area contributed by atoms with Crippen molar-refractivity contribution in [2.75, 3.05) is 13.6 Å². The number of benzene rings is 1. The summed E-state index contributed by atoms with van der Waals surface area (Å²) < 4.78 is 0. The van der Waals surface area contributed by atoms with Gasteiger partial charge in [-0.2, -0.15) is 0 Å². The summed E-state index contributed by atoms with van der Waals surface area (Å²) in [5, 5.41) is 15.0. The van der Waals surface area contributed by atoms with Gasteiger partial charge in [0.1, 0.15) is 10.0 Å². The third-order valence-electron chi connectivity index (χ3n) is 3.16. The molecule has 20 heavy (non-hydrogen) atoms. The van der Waals surface area contributed by atoms with E-state index in [0.29, 0.717) is 0 Å². The van der Waals surface area contributed by atoms with E-state index in [2.05, 4.69) is 32.6 Å². The average molecular weight is 284 g/mol. The number of aromatic nitrogens is 3. The number of hydrogen-bond acceptors (Lipinski definition) is 5. The molecule has 0 fully saturated rings. The monoisotopic (exact) mass is 284 g/mol. The van der Waals surface area contributed by atoms with E-state index < -0.39 is 0 Å². The zero-order chi connectivity index (χ0) is 13.8. The molecule has 102 valence electrons. The molecule has 2 aromatic heterocycles. The van der Waals surface area contributed by atoms with Crippen LogP contribution in [-0.4, -0.2) is 28.8 Å². The summed E-state index contributed by atoms with van der Waals surface area (Å²) in [6, 6.07) is 10.2. The lowest BCUT2D eigenvalue weighted by Gasteiger charge is -2.01. The molecular formula is C15H16N4S. The molecule has 5 heteroatoms. The number of nitrogens with zero attached hydrogens (tertiary/aromatic N) is 3. The normalized spacial score (nSPS) is 11.1. The van der Waals surface area contributed by atoms with Gasteiger partial charge >= 0.3 is 0 Å². The summed E-state index contributed by atoms with van der Waals surface area (Å²) in [7, 11) is 1.97. The van der Waals surface area contributed by atoms with E-state index in [-0.39, 0.29) is 0 Å². The van der Waals surface area contributed by atoms with Gasteiger partial charge in [0.25, 0.3) is 0 Å². The van der Waals surface area contributed by atoms with E-state index in [4.69, 9.17) is 0 Å². The average Bonchev–Trinajstić information content (AvgIpc) is 2.96. The highest BCUT2D eigenvalue weighted by Gasteiger charge is 2.09. The minimum absolute atomic E-state index is 0.974. The number of nitrogens with one attached hydrogen (secondary N) is 1. The number of rotatable bonds is 5. The second-order valence-corrected chi connectivity index (χ2v) is 5.65. The first kappa shape index (κ1) is 13.1. The Morgan fingerprint density at radius 3 is 3.00 bits per heavy atom. The van der Waals surface area contributed by atoms with Crippen LogP contribution in [0.3, 0.4) is 0 Å². The highest BCUT2D eigenvalue weighted by Crippen LogP contribution is 2.30. The van der Waals surface area contributed by atoms with Crippen molar-refractivity contribution in [2.45, 2.75) is 12.8 Å². The molecule has 0 aliphatic rings. The van der Waals surface area contributed by atoms with Gasteiger partial charge in [-0.25, -0.2) is 0 Å². The molecule has 0 spiro atoms. The summed E-state index contributed by atoms with van der Waals surface area (Å²) >= 11 is 1.67. The van der Waals surface area contributed by atoms with Crippen molar-refractivity contribution in [2.24, 2.45) is 0 Å². The van der Waals surface area contributed by atoms with E-state index >= 15 is 0 Å². The van der Waals surface area contributed by atoms with Gasteiger partial charge in [0.2, 0.25) is 0 Å². The molecule has 1 aromatic carbocycles. The van der Waals surface area contributed by atoms with Crippen LogP contribution < -0.4 is 5.32 Å². The fraction of sp³-hybridized carbons (Fsp3) is 0.267. The minimum atomic E-state index is 0.974. The summed E-state index contributed by atoms with van der Waals surface area (Å²) in [5.41, 5.74) is 2.12. The van der Waals surface area contributed by atoms with Gasteiger partial charge < -0.3 is 5.32 Å². The number of pyridine rings is 1. The van der Waals surface area contributed by atoms with Crippen LogP contribution in [0.4, 0.5) is 0 Å². The van der Waals surface area contributed by atoms with E-state index in [1.807, 2.05) is 31.4 Å². The molecule has 1 N–H and O–H groups in total. The molecule has 0 aliphatic heterocycles. The van der Waals surface area contributed by atoms with Crippen LogP contribution in [0, 0.1) is 0 Å². The molecule has 4 nitrogen and oxygen atoms in total. The molecule has 0 amide bonds. The molecule has 0 saturated carbocycles. The molecule has 0 atom stereocenters. The topological polar surface area (TPSA) is 50.7 Å². The van der Waals surface area contributed by atoms with Crippen molar-refractivity contribution >= 4 is 22.2 Å². The Morgan fingerprint density at radius 1 is 1.15 bits per heavy atom. The van der Waals surface area contributed by atoms with Gasteiger partial charge in [-0.15, -0.1) is 10.2 Å². The van der Waals surface area contributed by atoms with Gasteiger partial charge in [-0.3, -0.25) is 4.98 Å². The van der Waals surface area contributed by atoms with Gasteiger partial charge in [-0.05, 0) is 32.1 Å². The second kappa shape index (κ2) is 6.07. The fourth-order valence-electron chi connectivity index (χ4n) is 2.17. The van der Waals surface area contributed by atoms with Gasteiger partial charge in [0, 0.05) is 23.6 Å². The molecule has 3 rings (SSSR count). The van der Waals surface area contributed by atoms with Crippen molar-refractivity contribution in [3.05, 3.63) is 41.5 Å². The Labute approximate surface area is 121 Å². The van der Waals surface area contributed by atoms with Gasteiger partial charge in [0.15, 0.2) is 0 Å². The van der Waals surface area contributed by atoms with Crippen LogP contribution in [0.15, 0.2) is 36.5 Å². The number of hydrogen-bond donors (Lipinski definition) is 1. The van der Waals surface area contributed by atoms with E-state index in [9.17, 15) is 0 Å². The largest absolute Gasteiger partial charge is 0.320 e. The number of aryl methyl sites for hydroxylation is 1. The maximum Gasteiger partial charge on any atom is 0.148 e. The van der Waals surface area contributed by atoms with Crippen molar-refractivity contribution in [1.29, 1.82) is 0 Å². The smallest absolute Gasteiger partial charge is 0.148 e.